The summed E-state index contributed by atoms with van der Waals surface area (Å²) in [7, 11) is 0. The molecule has 4 heteroatoms. The number of nitrogens with zero attached hydrogens (tertiary/aromatic N) is 2. The lowest BCUT2D eigenvalue weighted by Crippen LogP contribution is -2.14. The largest absolute Gasteiger partial charge is 0.331 e. The summed E-state index contributed by atoms with van der Waals surface area (Å²) < 4.78 is 2.37. The topological polar surface area (TPSA) is 29.9 Å². The molecule has 2 atom stereocenters. The van der Waals surface area contributed by atoms with Gasteiger partial charge in [0.05, 0.1) is 6.33 Å². The fourth-order valence-corrected chi connectivity index (χ4v) is 2.91. The van der Waals surface area contributed by atoms with Crippen LogP contribution >= 0.6 is 11.8 Å². The molecule has 1 fully saturated rings. The number of rotatable bonds is 5. The maximum absolute atomic E-state index is 4.32. The molecule has 1 saturated heterocycles. The first-order chi connectivity index (χ1) is 7.83. The van der Waals surface area contributed by atoms with Crippen LogP contribution in [0.15, 0.2) is 12.5 Å². The third-order valence-corrected chi connectivity index (χ3v) is 4.03. The Morgan fingerprint density at radius 2 is 2.56 bits per heavy atom. The third-order valence-electron chi connectivity index (χ3n) is 3.39. The summed E-state index contributed by atoms with van der Waals surface area (Å²) in [6.45, 7) is 4.56. The molecule has 1 aliphatic heterocycles. The Morgan fingerprint density at radius 3 is 3.25 bits per heavy atom. The van der Waals surface area contributed by atoms with E-state index < -0.39 is 0 Å². The lowest BCUT2D eigenvalue weighted by atomic mass is 10.0. The molecule has 0 spiro atoms. The zero-order valence-corrected chi connectivity index (χ0v) is 11.0. The molecule has 2 unspecified atom stereocenters. The second-order valence-corrected chi connectivity index (χ2v) is 5.53. The summed E-state index contributed by atoms with van der Waals surface area (Å²) in [5.74, 6) is 1.89. The molecular weight excluding hydrogens is 218 g/mol. The van der Waals surface area contributed by atoms with Gasteiger partial charge in [0.2, 0.25) is 0 Å². The fourth-order valence-electron chi connectivity index (χ4n) is 2.33. The van der Waals surface area contributed by atoms with Crippen LogP contribution in [0.2, 0.25) is 0 Å². The molecule has 2 heterocycles. The smallest absolute Gasteiger partial charge is 0.0950 e. The lowest BCUT2D eigenvalue weighted by Gasteiger charge is -2.19. The summed E-state index contributed by atoms with van der Waals surface area (Å²) in [6, 6.07) is 0.575. The summed E-state index contributed by atoms with van der Waals surface area (Å²) >= 11 is 1.92. The molecule has 1 aromatic rings. The second kappa shape index (κ2) is 5.73. The van der Waals surface area contributed by atoms with Crippen molar-refractivity contribution in [2.24, 2.45) is 0 Å². The summed E-state index contributed by atoms with van der Waals surface area (Å²) in [6.07, 6.45) is 8.69. The van der Waals surface area contributed by atoms with Gasteiger partial charge in [-0.2, -0.15) is 11.8 Å². The molecule has 0 aromatic carbocycles. The van der Waals surface area contributed by atoms with Gasteiger partial charge in [-0.05, 0) is 38.3 Å². The minimum absolute atomic E-state index is 0.575. The highest BCUT2D eigenvalue weighted by atomic mass is 32.2. The number of imidazole rings is 1. The van der Waals surface area contributed by atoms with Gasteiger partial charge in [0.25, 0.3) is 0 Å². The van der Waals surface area contributed by atoms with Crippen LogP contribution in [0.3, 0.4) is 0 Å². The maximum Gasteiger partial charge on any atom is 0.0950 e. The van der Waals surface area contributed by atoms with Crippen LogP contribution in [0.5, 0.6) is 0 Å². The zero-order valence-electron chi connectivity index (χ0n) is 10.1. The van der Waals surface area contributed by atoms with E-state index in [0.29, 0.717) is 12.0 Å². The SMILES string of the molecule is CSCCC(C)n1cncc1C1CCNC1. The number of hydrogen-bond acceptors (Lipinski definition) is 3. The van der Waals surface area contributed by atoms with E-state index >= 15 is 0 Å². The maximum atomic E-state index is 4.32. The van der Waals surface area contributed by atoms with Gasteiger partial charge in [0, 0.05) is 30.4 Å². The van der Waals surface area contributed by atoms with E-state index in [4.69, 9.17) is 0 Å². The minimum atomic E-state index is 0.575. The Labute approximate surface area is 102 Å². The first-order valence-electron chi connectivity index (χ1n) is 6.04. The molecule has 1 N–H and O–H groups in total. The van der Waals surface area contributed by atoms with E-state index in [-0.39, 0.29) is 0 Å². The second-order valence-electron chi connectivity index (χ2n) is 4.55. The normalized spacial score (nSPS) is 22.5. The van der Waals surface area contributed by atoms with Crippen molar-refractivity contribution in [1.82, 2.24) is 14.9 Å². The van der Waals surface area contributed by atoms with E-state index in [2.05, 4.69) is 28.0 Å². The molecule has 0 aliphatic carbocycles. The first kappa shape index (κ1) is 12.0. The molecule has 0 saturated carbocycles. The van der Waals surface area contributed by atoms with Crippen molar-refractivity contribution in [2.45, 2.75) is 31.7 Å². The van der Waals surface area contributed by atoms with Crippen molar-refractivity contribution >= 4 is 11.8 Å². The van der Waals surface area contributed by atoms with E-state index in [1.165, 1.54) is 24.3 Å². The van der Waals surface area contributed by atoms with Gasteiger partial charge in [-0.15, -0.1) is 0 Å². The van der Waals surface area contributed by atoms with Crippen molar-refractivity contribution in [3.05, 3.63) is 18.2 Å². The Balaban J connectivity index is 2.05. The highest BCUT2D eigenvalue weighted by Gasteiger charge is 2.21. The fraction of sp³-hybridized carbons (Fsp3) is 0.750. The van der Waals surface area contributed by atoms with Crippen molar-refractivity contribution in [3.63, 3.8) is 0 Å². The molecular formula is C12H21N3S. The average molecular weight is 239 g/mol. The predicted molar refractivity (Wildman–Crippen MR) is 70.2 cm³/mol. The quantitative estimate of drug-likeness (QED) is 0.855. The number of nitrogens with one attached hydrogen (secondary N) is 1. The summed E-state index contributed by atoms with van der Waals surface area (Å²) in [4.78, 5) is 4.32. The van der Waals surface area contributed by atoms with E-state index in [9.17, 15) is 0 Å². The van der Waals surface area contributed by atoms with E-state index in [0.717, 1.165) is 13.1 Å². The van der Waals surface area contributed by atoms with Gasteiger partial charge in [0.1, 0.15) is 0 Å². The van der Waals surface area contributed by atoms with Crippen LogP contribution in [0.4, 0.5) is 0 Å². The molecule has 2 rings (SSSR count). The van der Waals surface area contributed by atoms with Crippen LogP contribution < -0.4 is 5.32 Å². The van der Waals surface area contributed by atoms with Crippen LogP contribution in [0.1, 0.15) is 37.4 Å². The first-order valence-corrected chi connectivity index (χ1v) is 7.43. The Bertz CT molecular complexity index is 318. The number of hydrogen-bond donors (Lipinski definition) is 1. The van der Waals surface area contributed by atoms with Crippen molar-refractivity contribution < 1.29 is 0 Å². The monoisotopic (exact) mass is 239 g/mol. The molecule has 3 nitrogen and oxygen atoms in total. The summed E-state index contributed by atoms with van der Waals surface area (Å²) in [5, 5.41) is 3.42. The summed E-state index contributed by atoms with van der Waals surface area (Å²) in [5.41, 5.74) is 1.42. The molecule has 90 valence electrons. The molecule has 16 heavy (non-hydrogen) atoms. The van der Waals surface area contributed by atoms with Crippen LogP contribution in [0.25, 0.3) is 0 Å². The highest BCUT2D eigenvalue weighted by Crippen LogP contribution is 2.25. The average Bonchev–Trinajstić information content (AvgIpc) is 2.94. The number of aromatic nitrogens is 2. The molecule has 0 amide bonds. The molecule has 0 radical (unpaired) electrons. The van der Waals surface area contributed by atoms with E-state index in [1.54, 1.807) is 0 Å². The third kappa shape index (κ3) is 2.61. The van der Waals surface area contributed by atoms with Gasteiger partial charge in [-0.25, -0.2) is 4.98 Å². The molecule has 1 aliphatic rings. The molecule has 0 bridgehead atoms. The van der Waals surface area contributed by atoms with Crippen molar-refractivity contribution in [1.29, 1.82) is 0 Å². The highest BCUT2D eigenvalue weighted by molar-refractivity contribution is 7.98. The standard InChI is InChI=1S/C12H21N3S/c1-10(4-6-16-2)15-9-14-8-12(15)11-3-5-13-7-11/h8-11,13H,3-7H2,1-2H3. The van der Waals surface area contributed by atoms with Gasteiger partial charge >= 0.3 is 0 Å². The predicted octanol–water partition coefficient (Wildman–Crippen LogP) is 2.27. The van der Waals surface area contributed by atoms with Crippen molar-refractivity contribution in [2.75, 3.05) is 25.1 Å². The van der Waals surface area contributed by atoms with Gasteiger partial charge in [-0.1, -0.05) is 0 Å². The van der Waals surface area contributed by atoms with Crippen LogP contribution in [-0.2, 0) is 0 Å². The Kier molecular flexibility index (Phi) is 4.29. The van der Waals surface area contributed by atoms with E-state index in [1.807, 2.05) is 24.3 Å². The minimum Gasteiger partial charge on any atom is -0.331 e. The van der Waals surface area contributed by atoms with Crippen molar-refractivity contribution in [3.8, 4) is 0 Å². The van der Waals surface area contributed by atoms with Crippen LogP contribution in [-0.4, -0.2) is 34.6 Å². The Morgan fingerprint density at radius 1 is 1.69 bits per heavy atom. The zero-order chi connectivity index (χ0) is 11.4. The van der Waals surface area contributed by atoms with Gasteiger partial charge < -0.3 is 9.88 Å². The Hall–Kier alpha value is -0.480. The van der Waals surface area contributed by atoms with Crippen LogP contribution in [0, 0.1) is 0 Å². The number of thioether (sulfide) groups is 1. The van der Waals surface area contributed by atoms with Gasteiger partial charge in [0.15, 0.2) is 0 Å². The molecule has 1 aromatic heterocycles. The lowest BCUT2D eigenvalue weighted by molar-refractivity contribution is 0.499. The van der Waals surface area contributed by atoms with Gasteiger partial charge in [-0.3, -0.25) is 0 Å².